The molecule has 0 aromatic carbocycles. The molecule has 0 aromatic rings. The van der Waals surface area contributed by atoms with Gasteiger partial charge in [-0.05, 0) is 0 Å². The van der Waals surface area contributed by atoms with Crippen molar-refractivity contribution in [2.24, 2.45) is 0 Å². The number of hydrogen-bond acceptors (Lipinski definition) is 3. The fourth-order valence-electron chi connectivity index (χ4n) is 6.81. The molecule has 0 aliphatic rings. The van der Waals surface area contributed by atoms with E-state index in [1.54, 1.807) is 0 Å². The van der Waals surface area contributed by atoms with Crippen molar-refractivity contribution in [3.63, 3.8) is 0 Å². The Kier molecular flexibility index (Phi) is 44.9. The van der Waals surface area contributed by atoms with Gasteiger partial charge in [0.15, 0.2) is 0 Å². The standard InChI is InChI=1S/C44H89S3.Sn.H/c1-5-9-13-17-20-23-26-29-33-37-41-45-44(40-36-32-16-12-8-4,46-42-38-34-30-27-24-21-18-14-10-6-2)47-43-39-35-31-28-25-22-19-15-11-7-3;;/h4-43H2,1-3H3;;. The average molecular weight is 834 g/mol. The van der Waals surface area contributed by atoms with Crippen LogP contribution in [0.15, 0.2) is 0 Å². The van der Waals surface area contributed by atoms with E-state index in [1.807, 2.05) is 0 Å². The third-order valence-electron chi connectivity index (χ3n) is 10.1. The molecule has 0 unspecified atom stereocenters. The molecule has 0 aliphatic heterocycles. The topological polar surface area (TPSA) is 0 Å². The van der Waals surface area contributed by atoms with Crippen LogP contribution in [0.1, 0.15) is 252 Å². The molecule has 0 atom stereocenters. The Bertz CT molecular complexity index is 507. The van der Waals surface area contributed by atoms with Crippen molar-refractivity contribution in [2.75, 3.05) is 17.3 Å². The van der Waals surface area contributed by atoms with Crippen molar-refractivity contribution in [1.29, 1.82) is 0 Å². The number of thioether (sulfide) groups is 3. The summed E-state index contributed by atoms with van der Waals surface area (Å²) in [7, 11) is 0. The Morgan fingerprint density at radius 3 is 0.792 bits per heavy atom. The summed E-state index contributed by atoms with van der Waals surface area (Å²) in [5.74, 6) is 4.19. The van der Waals surface area contributed by atoms with E-state index in [9.17, 15) is 0 Å². The minimum Gasteiger partial charge on any atom is -0.0654 e. The normalized spacial score (nSPS) is 12.0. The van der Waals surface area contributed by atoms with E-state index in [-0.39, 0.29) is 0 Å². The van der Waals surface area contributed by atoms with Gasteiger partial charge in [-0.3, -0.25) is 0 Å². The van der Waals surface area contributed by atoms with Crippen LogP contribution < -0.4 is 0 Å². The minimum absolute atomic E-state index is 0.426. The molecule has 4 heteroatoms. The van der Waals surface area contributed by atoms with Crippen molar-refractivity contribution in [1.82, 2.24) is 0 Å². The van der Waals surface area contributed by atoms with Crippen LogP contribution in [0.2, 0.25) is 4.44 Å². The second-order valence-electron chi connectivity index (χ2n) is 15.1. The summed E-state index contributed by atoms with van der Waals surface area (Å²) in [4.78, 5) is 0. The fourth-order valence-corrected chi connectivity index (χ4v) is 13.0. The van der Waals surface area contributed by atoms with E-state index in [2.05, 4.69) is 56.1 Å². The summed E-state index contributed by atoms with van der Waals surface area (Å²) >= 11 is 8.68. The van der Waals surface area contributed by atoms with Crippen LogP contribution in [0.4, 0.5) is 0 Å². The first-order valence-corrected chi connectivity index (χ1v) is 27.6. The molecule has 0 heterocycles. The Morgan fingerprint density at radius 1 is 0.292 bits per heavy atom. The van der Waals surface area contributed by atoms with E-state index >= 15 is 0 Å². The maximum atomic E-state index is 2.41. The molecule has 0 aromatic heterocycles. The van der Waals surface area contributed by atoms with Crippen LogP contribution in [-0.4, -0.2) is 43.2 Å². The molecule has 0 spiro atoms. The quantitative estimate of drug-likeness (QED) is 0.0341. The van der Waals surface area contributed by atoms with Crippen molar-refractivity contribution in [3.05, 3.63) is 0 Å². The van der Waals surface area contributed by atoms with E-state index in [0.717, 1.165) is 0 Å². The molecule has 0 saturated carbocycles. The van der Waals surface area contributed by atoms with Gasteiger partial charge in [0.05, 0.1) is 0 Å². The zero-order chi connectivity index (χ0) is 34.9. The molecule has 48 heavy (non-hydrogen) atoms. The predicted octanol–water partition coefficient (Wildman–Crippen LogP) is 17.3. The van der Waals surface area contributed by atoms with Gasteiger partial charge in [0.25, 0.3) is 0 Å². The first-order chi connectivity index (χ1) is 23.7. The maximum absolute atomic E-state index is 2.41. The summed E-state index contributed by atoms with van der Waals surface area (Å²) in [5.41, 5.74) is 0. The Balaban J connectivity index is 4.76. The summed E-state index contributed by atoms with van der Waals surface area (Å²) in [6.07, 6.45) is 52.5. The number of rotatable bonds is 43. The smallest absolute Gasteiger partial charge is 0.0654 e. The second-order valence-corrected chi connectivity index (χ2v) is 21.7. The SMILES string of the molecule is CCCCCCCCCCCCSC(CCCCCC[CH2][SnH])(SCCCCCCCCCCCC)SCCCCCCCCCCCC. The van der Waals surface area contributed by atoms with Gasteiger partial charge in [-0.25, -0.2) is 0 Å². The number of hydrogen-bond donors (Lipinski definition) is 0. The van der Waals surface area contributed by atoms with Crippen molar-refractivity contribution in [2.45, 2.75) is 260 Å². The molecule has 0 saturated heterocycles. The van der Waals surface area contributed by atoms with Gasteiger partial charge in [-0.15, -0.1) is 0 Å². The van der Waals surface area contributed by atoms with Crippen LogP contribution in [0.25, 0.3) is 0 Å². The predicted molar refractivity (Wildman–Crippen MR) is 235 cm³/mol. The van der Waals surface area contributed by atoms with Gasteiger partial charge in [0.2, 0.25) is 0 Å². The van der Waals surface area contributed by atoms with Gasteiger partial charge in [-0.1, -0.05) is 175 Å². The van der Waals surface area contributed by atoms with Crippen LogP contribution >= 0.6 is 35.3 Å². The summed E-state index contributed by atoms with van der Waals surface area (Å²) in [6, 6.07) is 0. The third-order valence-corrected chi connectivity index (χ3v) is 16.8. The number of unbranched alkanes of at least 4 members (excludes halogenated alkanes) is 31. The average Bonchev–Trinajstić information content (AvgIpc) is 3.10. The van der Waals surface area contributed by atoms with Crippen molar-refractivity contribution in [3.8, 4) is 0 Å². The van der Waals surface area contributed by atoms with Crippen molar-refractivity contribution >= 4 is 57.8 Å². The first-order valence-electron chi connectivity index (χ1n) is 22.4. The molecular formula is C44H90S3Sn. The second kappa shape index (κ2) is 43.3. The molecule has 0 bridgehead atoms. The zero-order valence-corrected chi connectivity index (χ0v) is 39.3. The molecule has 0 N–H and O–H groups in total. The first kappa shape index (κ1) is 49.8. The van der Waals surface area contributed by atoms with Crippen molar-refractivity contribution < 1.29 is 0 Å². The summed E-state index contributed by atoms with van der Waals surface area (Å²) < 4.78 is 1.92. The van der Waals surface area contributed by atoms with E-state index in [4.69, 9.17) is 0 Å². The molecular weight excluding hydrogens is 743 g/mol. The van der Waals surface area contributed by atoms with Gasteiger partial charge in [0.1, 0.15) is 0 Å². The van der Waals surface area contributed by atoms with E-state index in [0.29, 0.717) is 3.41 Å². The summed E-state index contributed by atoms with van der Waals surface area (Å²) in [6.45, 7) is 6.98. The van der Waals surface area contributed by atoms with E-state index < -0.39 is 0 Å². The Morgan fingerprint density at radius 2 is 0.521 bits per heavy atom. The molecule has 288 valence electrons. The van der Waals surface area contributed by atoms with E-state index in [1.165, 1.54) is 275 Å². The molecule has 0 fully saturated rings. The monoisotopic (exact) mass is 835 g/mol. The van der Waals surface area contributed by atoms with Crippen LogP contribution in [0.3, 0.4) is 0 Å². The zero-order valence-electron chi connectivity index (χ0n) is 33.6. The van der Waals surface area contributed by atoms with Gasteiger partial charge >= 0.3 is 160 Å². The third kappa shape index (κ3) is 37.6. The minimum atomic E-state index is 0.426. The molecule has 2 radical (unpaired) electrons. The Labute approximate surface area is 332 Å². The van der Waals surface area contributed by atoms with Gasteiger partial charge in [-0.2, -0.15) is 0 Å². The molecule has 0 amide bonds. The van der Waals surface area contributed by atoms with Gasteiger partial charge in [0, 0.05) is 0 Å². The fraction of sp³-hybridized carbons (Fsp3) is 1.00. The van der Waals surface area contributed by atoms with Gasteiger partial charge < -0.3 is 0 Å². The van der Waals surface area contributed by atoms with Crippen LogP contribution in [0.5, 0.6) is 0 Å². The van der Waals surface area contributed by atoms with Crippen LogP contribution in [-0.2, 0) is 0 Å². The molecule has 0 nitrogen and oxygen atoms in total. The van der Waals surface area contributed by atoms with Crippen LogP contribution in [0, 0.1) is 0 Å². The molecule has 0 rings (SSSR count). The molecule has 0 aliphatic carbocycles. The Hall–Kier alpha value is 1.85. The summed E-state index contributed by atoms with van der Waals surface area (Å²) in [5, 5.41) is 0.